The second-order valence-corrected chi connectivity index (χ2v) is 4.71. The first-order chi connectivity index (χ1) is 8.61. The molecule has 1 atom stereocenters. The number of likely N-dealkylation sites (N-methyl/N-ethyl adjacent to an activating group) is 1. The molecule has 0 saturated carbocycles. The van der Waals surface area contributed by atoms with Crippen molar-refractivity contribution in [1.29, 1.82) is 0 Å². The summed E-state index contributed by atoms with van der Waals surface area (Å²) in [4.78, 5) is 34.6. The van der Waals surface area contributed by atoms with Crippen LogP contribution < -0.4 is 0 Å². The second-order valence-electron chi connectivity index (χ2n) is 3.79. The number of carbonyl (C=O) groups is 3. The van der Waals surface area contributed by atoms with Crippen molar-refractivity contribution in [2.24, 2.45) is 0 Å². The number of carboxylic acids is 1. The maximum absolute atomic E-state index is 12.5. The molecule has 0 aromatic heterocycles. The van der Waals surface area contributed by atoms with Gasteiger partial charge >= 0.3 is 12.1 Å². The molecule has 9 heteroatoms. The molecule has 0 saturated heterocycles. The largest absolute Gasteiger partial charge is 0.481 e. The van der Waals surface area contributed by atoms with E-state index in [9.17, 15) is 27.6 Å². The topological polar surface area (TPSA) is 74.7 Å². The van der Waals surface area contributed by atoms with Crippen molar-refractivity contribution in [3.8, 4) is 0 Å². The van der Waals surface area contributed by atoms with E-state index in [1.165, 1.54) is 13.3 Å². The van der Waals surface area contributed by atoms with Gasteiger partial charge in [0, 0.05) is 18.2 Å². The summed E-state index contributed by atoms with van der Waals surface area (Å²) < 4.78 is 37.5. The molecule has 1 heterocycles. The summed E-state index contributed by atoms with van der Waals surface area (Å²) in [5, 5.41) is 7.52. The monoisotopic (exact) mass is 297 g/mol. The fourth-order valence-corrected chi connectivity index (χ4v) is 2.67. The van der Waals surface area contributed by atoms with Crippen molar-refractivity contribution >= 4 is 29.4 Å². The molecule has 0 fully saturated rings. The van der Waals surface area contributed by atoms with Crippen LogP contribution in [-0.2, 0) is 14.4 Å². The Hall–Kier alpha value is -1.51. The molecule has 0 aliphatic carbocycles. The number of halogens is 3. The number of carboxylic acid groups (broad SMARTS) is 1. The highest BCUT2D eigenvalue weighted by Gasteiger charge is 2.49. The first-order valence-corrected chi connectivity index (χ1v) is 6.26. The lowest BCUT2D eigenvalue weighted by molar-refractivity contribution is -0.166. The van der Waals surface area contributed by atoms with E-state index in [-0.39, 0.29) is 0 Å². The summed E-state index contributed by atoms with van der Waals surface area (Å²) in [6.07, 6.45) is -4.61. The van der Waals surface area contributed by atoms with Gasteiger partial charge in [-0.15, -0.1) is 11.8 Å². The van der Waals surface area contributed by atoms with Gasteiger partial charge in [0.2, 0.25) is 0 Å². The van der Waals surface area contributed by atoms with Crippen molar-refractivity contribution in [2.75, 3.05) is 13.3 Å². The molecule has 0 bridgehead atoms. The molecule has 1 aliphatic heterocycles. The third-order valence-electron chi connectivity index (χ3n) is 2.56. The number of hydrogen-bond donors (Lipinski definition) is 1. The Bertz CT molecular complexity index is 472. The lowest BCUT2D eigenvalue weighted by Gasteiger charge is -2.20. The molecule has 1 aliphatic rings. The standard InChI is InChI=1S/C10H10F3NO4S/c1-14-8(18)4(3-5(15)16)6(9(14)19-2)7(17)10(11,12)13/h9H,3H2,1-2H3,(H,15,16). The Morgan fingerprint density at radius 1 is 1.42 bits per heavy atom. The lowest BCUT2D eigenvalue weighted by atomic mass is 10.0. The van der Waals surface area contributed by atoms with Crippen molar-refractivity contribution in [3.05, 3.63) is 11.1 Å². The molecule has 106 valence electrons. The maximum atomic E-state index is 12.5. The molecular formula is C10H10F3NO4S. The van der Waals surface area contributed by atoms with Crippen LogP contribution in [0, 0.1) is 0 Å². The highest BCUT2D eigenvalue weighted by Crippen LogP contribution is 2.37. The number of alkyl halides is 3. The lowest BCUT2D eigenvalue weighted by Crippen LogP contribution is -2.34. The average Bonchev–Trinajstić information content (AvgIpc) is 2.50. The van der Waals surface area contributed by atoms with E-state index in [2.05, 4.69) is 0 Å². The SMILES string of the molecule is CSC1C(C(=O)C(F)(F)F)=C(CC(=O)O)C(=O)N1C. The van der Waals surface area contributed by atoms with Crippen LogP contribution in [0.25, 0.3) is 0 Å². The van der Waals surface area contributed by atoms with Gasteiger partial charge in [0.05, 0.1) is 6.42 Å². The van der Waals surface area contributed by atoms with Gasteiger partial charge in [-0.1, -0.05) is 0 Å². The van der Waals surface area contributed by atoms with Crippen molar-refractivity contribution in [3.63, 3.8) is 0 Å². The summed E-state index contributed by atoms with van der Waals surface area (Å²) in [6, 6.07) is 0. The Labute approximate surface area is 110 Å². The minimum Gasteiger partial charge on any atom is -0.481 e. The number of ketones is 1. The maximum Gasteiger partial charge on any atom is 0.454 e. The van der Waals surface area contributed by atoms with Gasteiger partial charge in [-0.2, -0.15) is 13.2 Å². The molecular weight excluding hydrogens is 287 g/mol. The molecule has 19 heavy (non-hydrogen) atoms. The fraction of sp³-hybridized carbons (Fsp3) is 0.500. The minimum atomic E-state index is -5.14. The first kappa shape index (κ1) is 15.5. The number of Topliss-reactive ketones (excluding diaryl/α,β-unsaturated/α-hetero) is 1. The van der Waals surface area contributed by atoms with Gasteiger partial charge in [-0.3, -0.25) is 14.4 Å². The number of amides is 1. The Morgan fingerprint density at radius 2 is 1.95 bits per heavy atom. The zero-order valence-corrected chi connectivity index (χ0v) is 10.8. The van der Waals surface area contributed by atoms with Crippen molar-refractivity contribution < 1.29 is 32.7 Å². The van der Waals surface area contributed by atoms with Crippen LogP contribution in [0.5, 0.6) is 0 Å². The van der Waals surface area contributed by atoms with Crippen LogP contribution in [0.1, 0.15) is 6.42 Å². The fourth-order valence-electron chi connectivity index (χ4n) is 1.78. The van der Waals surface area contributed by atoms with E-state index in [0.29, 0.717) is 0 Å². The van der Waals surface area contributed by atoms with Gasteiger partial charge in [0.15, 0.2) is 0 Å². The highest BCUT2D eigenvalue weighted by atomic mass is 32.2. The number of carbonyl (C=O) groups excluding carboxylic acids is 2. The number of aliphatic carboxylic acids is 1. The molecule has 1 N–H and O–H groups in total. The Kier molecular flexibility index (Phi) is 4.28. The van der Waals surface area contributed by atoms with E-state index in [4.69, 9.17) is 5.11 Å². The summed E-state index contributed by atoms with van der Waals surface area (Å²) in [5.41, 5.74) is -1.38. The quantitative estimate of drug-likeness (QED) is 0.839. The summed E-state index contributed by atoms with van der Waals surface area (Å²) in [6.45, 7) is 0. The zero-order valence-electron chi connectivity index (χ0n) is 9.95. The van der Waals surface area contributed by atoms with Gasteiger partial charge in [-0.25, -0.2) is 0 Å². The molecule has 1 amide bonds. The Morgan fingerprint density at radius 3 is 2.32 bits per heavy atom. The normalized spacial score (nSPS) is 20.2. The molecule has 5 nitrogen and oxygen atoms in total. The van der Waals surface area contributed by atoms with Crippen molar-refractivity contribution in [2.45, 2.75) is 18.0 Å². The summed E-state index contributed by atoms with van der Waals surface area (Å²) in [7, 11) is 1.22. The van der Waals surface area contributed by atoms with E-state index in [1.807, 2.05) is 0 Å². The molecule has 0 spiro atoms. The summed E-state index contributed by atoms with van der Waals surface area (Å²) >= 11 is 0.861. The van der Waals surface area contributed by atoms with Crippen LogP contribution >= 0.6 is 11.8 Å². The second kappa shape index (κ2) is 5.24. The van der Waals surface area contributed by atoms with E-state index in [0.717, 1.165) is 16.7 Å². The average molecular weight is 297 g/mol. The van der Waals surface area contributed by atoms with Gasteiger partial charge in [0.1, 0.15) is 5.37 Å². The van der Waals surface area contributed by atoms with E-state index >= 15 is 0 Å². The third-order valence-corrected chi connectivity index (χ3v) is 3.55. The molecule has 1 rings (SSSR count). The van der Waals surface area contributed by atoms with Crippen LogP contribution in [0.4, 0.5) is 13.2 Å². The van der Waals surface area contributed by atoms with Crippen LogP contribution in [0.15, 0.2) is 11.1 Å². The van der Waals surface area contributed by atoms with Gasteiger partial charge < -0.3 is 10.0 Å². The van der Waals surface area contributed by atoms with Crippen LogP contribution in [-0.4, -0.2) is 52.5 Å². The highest BCUT2D eigenvalue weighted by molar-refractivity contribution is 7.99. The molecule has 0 aromatic carbocycles. The van der Waals surface area contributed by atoms with E-state index < -0.39 is 46.8 Å². The van der Waals surface area contributed by atoms with Crippen LogP contribution in [0.3, 0.4) is 0 Å². The molecule has 0 aromatic rings. The van der Waals surface area contributed by atoms with Gasteiger partial charge in [0.25, 0.3) is 11.7 Å². The first-order valence-electron chi connectivity index (χ1n) is 4.97. The minimum absolute atomic E-state index is 0.600. The van der Waals surface area contributed by atoms with Crippen molar-refractivity contribution in [1.82, 2.24) is 4.90 Å². The Balaban J connectivity index is 3.36. The predicted molar refractivity (Wildman–Crippen MR) is 60.4 cm³/mol. The number of thioether (sulfide) groups is 1. The van der Waals surface area contributed by atoms with Crippen LogP contribution in [0.2, 0.25) is 0 Å². The number of rotatable bonds is 4. The smallest absolute Gasteiger partial charge is 0.454 e. The zero-order chi connectivity index (χ0) is 15.0. The van der Waals surface area contributed by atoms with Gasteiger partial charge in [-0.05, 0) is 6.26 Å². The number of hydrogen-bond acceptors (Lipinski definition) is 4. The molecule has 1 unspecified atom stereocenters. The van der Waals surface area contributed by atoms with E-state index in [1.54, 1.807) is 0 Å². The summed E-state index contributed by atoms with van der Waals surface area (Å²) in [5.74, 6) is -4.50. The third kappa shape index (κ3) is 2.91. The number of nitrogens with zero attached hydrogens (tertiary/aromatic N) is 1. The molecule has 0 radical (unpaired) electrons. The predicted octanol–water partition coefficient (Wildman–Crippen LogP) is 1.05.